The Morgan fingerprint density at radius 1 is 1.50 bits per heavy atom. The molecule has 0 aliphatic rings. The molecule has 0 amide bonds. The van der Waals surface area contributed by atoms with Gasteiger partial charge in [0.2, 0.25) is 0 Å². The average Bonchev–Trinajstić information content (AvgIpc) is 2.01. The Morgan fingerprint density at radius 3 is 2.50 bits per heavy atom. The van der Waals surface area contributed by atoms with Gasteiger partial charge in [-0.1, -0.05) is 0 Å². The smallest absolute Gasteiger partial charge is 0.383 e. The zero-order valence-corrected chi connectivity index (χ0v) is 9.43. The van der Waals surface area contributed by atoms with Gasteiger partial charge in [-0.25, -0.2) is 4.98 Å². The van der Waals surface area contributed by atoms with E-state index < -0.39 is 12.1 Å². The molecule has 0 radical (unpaired) electrons. The van der Waals surface area contributed by atoms with Crippen LogP contribution in [0.4, 0.5) is 19.0 Å². The molecule has 0 aliphatic heterocycles. The number of aromatic nitrogens is 1. The van der Waals surface area contributed by atoms with Crippen molar-refractivity contribution >= 4 is 28.4 Å². The fourth-order valence-corrected chi connectivity index (χ4v) is 1.96. The molecule has 6 heteroatoms. The van der Waals surface area contributed by atoms with Crippen molar-refractivity contribution in [2.45, 2.75) is 19.0 Å². The Hall–Kier alpha value is -0.530. The summed E-state index contributed by atoms with van der Waals surface area (Å²) in [5.41, 5.74) is 5.46. The van der Waals surface area contributed by atoms with Gasteiger partial charge in [0.1, 0.15) is 5.82 Å². The number of pyridine rings is 1. The number of halogens is 4. The van der Waals surface area contributed by atoms with Gasteiger partial charge >= 0.3 is 6.18 Å². The Bertz CT molecular complexity index is 318. The maximum atomic E-state index is 12.4. The monoisotopic (exact) mass is 316 g/mol. The lowest BCUT2D eigenvalue weighted by Crippen LogP contribution is -2.20. The molecule has 1 unspecified atom stereocenters. The van der Waals surface area contributed by atoms with Gasteiger partial charge in [-0.15, -0.1) is 0 Å². The topological polar surface area (TPSA) is 38.9 Å². The van der Waals surface area contributed by atoms with Gasteiger partial charge in [0.15, 0.2) is 0 Å². The molecule has 2 nitrogen and oxygen atoms in total. The van der Waals surface area contributed by atoms with Crippen molar-refractivity contribution in [1.29, 1.82) is 0 Å². The fourth-order valence-electron chi connectivity index (χ4n) is 1.06. The number of hydrogen-bond acceptors (Lipinski definition) is 2. The molecule has 0 saturated carbocycles. The predicted octanol–water partition coefficient (Wildman–Crippen LogP) is 2.93. The van der Waals surface area contributed by atoms with Crippen LogP contribution in [0, 0.1) is 3.57 Å². The highest BCUT2D eigenvalue weighted by atomic mass is 127. The van der Waals surface area contributed by atoms with Crippen LogP contribution in [0.25, 0.3) is 0 Å². The van der Waals surface area contributed by atoms with Crippen molar-refractivity contribution in [3.8, 4) is 0 Å². The van der Waals surface area contributed by atoms with Crippen LogP contribution in [-0.4, -0.2) is 11.2 Å². The van der Waals surface area contributed by atoms with Gasteiger partial charge in [-0.2, -0.15) is 13.2 Å². The van der Waals surface area contributed by atoms with Crippen LogP contribution < -0.4 is 5.73 Å². The van der Waals surface area contributed by atoms with E-state index >= 15 is 0 Å². The summed E-state index contributed by atoms with van der Waals surface area (Å²) in [5.74, 6) is -1.63. The molecule has 0 aliphatic carbocycles. The molecule has 1 atom stereocenters. The van der Waals surface area contributed by atoms with E-state index in [1.807, 2.05) is 22.6 Å². The zero-order valence-electron chi connectivity index (χ0n) is 7.27. The largest absolute Gasteiger partial charge is 0.395 e. The molecule has 0 saturated heterocycles. The number of rotatable bonds is 1. The van der Waals surface area contributed by atoms with E-state index in [4.69, 9.17) is 5.73 Å². The molecule has 0 spiro atoms. The third-order valence-electron chi connectivity index (χ3n) is 1.89. The number of alkyl halides is 3. The number of nitrogen functional groups attached to an aromatic ring is 1. The molecular formula is C8H8F3IN2. The first kappa shape index (κ1) is 11.5. The number of anilines is 1. The highest BCUT2D eigenvalue weighted by Crippen LogP contribution is 2.38. The standard InChI is InChI=1S/C8H8F3IN2/c1-4(8(9,10)11)6-5(12)2-3-14-7(6)13/h2-4H,1H3,(H2,13,14). The minimum Gasteiger partial charge on any atom is -0.383 e. The third-order valence-corrected chi connectivity index (χ3v) is 2.83. The summed E-state index contributed by atoms with van der Waals surface area (Å²) in [6.45, 7) is 1.08. The first-order valence-corrected chi connectivity index (χ1v) is 4.88. The molecule has 1 heterocycles. The van der Waals surface area contributed by atoms with Crippen LogP contribution in [0.5, 0.6) is 0 Å². The highest BCUT2D eigenvalue weighted by Gasteiger charge is 2.39. The van der Waals surface area contributed by atoms with Gasteiger partial charge in [-0.3, -0.25) is 0 Å². The Morgan fingerprint density at radius 2 is 2.07 bits per heavy atom. The molecule has 0 aromatic carbocycles. The molecule has 0 bridgehead atoms. The summed E-state index contributed by atoms with van der Waals surface area (Å²) in [6, 6.07) is 1.51. The second-order valence-corrected chi connectivity index (χ2v) is 4.02. The van der Waals surface area contributed by atoms with Crippen molar-refractivity contribution in [1.82, 2.24) is 4.98 Å². The van der Waals surface area contributed by atoms with Gasteiger partial charge in [-0.05, 0) is 35.6 Å². The van der Waals surface area contributed by atoms with Crippen LogP contribution in [0.3, 0.4) is 0 Å². The normalized spacial score (nSPS) is 14.1. The second kappa shape index (κ2) is 3.92. The van der Waals surface area contributed by atoms with Crippen LogP contribution in [-0.2, 0) is 0 Å². The van der Waals surface area contributed by atoms with Crippen molar-refractivity contribution in [3.63, 3.8) is 0 Å². The lowest BCUT2D eigenvalue weighted by molar-refractivity contribution is -0.146. The van der Waals surface area contributed by atoms with Crippen LogP contribution in [0.15, 0.2) is 12.3 Å². The average molecular weight is 316 g/mol. The first-order valence-electron chi connectivity index (χ1n) is 3.80. The fraction of sp³-hybridized carbons (Fsp3) is 0.375. The summed E-state index contributed by atoms with van der Waals surface area (Å²) >= 11 is 1.82. The van der Waals surface area contributed by atoms with Gasteiger partial charge in [0, 0.05) is 15.3 Å². The molecule has 1 aromatic heterocycles. The Kier molecular flexibility index (Phi) is 3.23. The van der Waals surface area contributed by atoms with E-state index in [9.17, 15) is 13.2 Å². The van der Waals surface area contributed by atoms with Crippen molar-refractivity contribution in [3.05, 3.63) is 21.4 Å². The van der Waals surface area contributed by atoms with Crippen LogP contribution in [0.2, 0.25) is 0 Å². The van der Waals surface area contributed by atoms with E-state index in [2.05, 4.69) is 4.98 Å². The minimum atomic E-state index is -4.28. The summed E-state index contributed by atoms with van der Waals surface area (Å²) in [5, 5.41) is 0. The highest BCUT2D eigenvalue weighted by molar-refractivity contribution is 14.1. The summed E-state index contributed by atoms with van der Waals surface area (Å²) < 4.78 is 37.7. The van der Waals surface area contributed by atoms with E-state index in [0.29, 0.717) is 3.57 Å². The van der Waals surface area contributed by atoms with E-state index in [1.165, 1.54) is 12.3 Å². The lowest BCUT2D eigenvalue weighted by atomic mass is 10.0. The van der Waals surface area contributed by atoms with Crippen LogP contribution >= 0.6 is 22.6 Å². The first-order chi connectivity index (χ1) is 6.34. The van der Waals surface area contributed by atoms with Gasteiger partial charge in [0.05, 0.1) is 5.92 Å². The van der Waals surface area contributed by atoms with Gasteiger partial charge < -0.3 is 5.73 Å². The number of nitrogens with two attached hydrogens (primary N) is 1. The number of nitrogens with zero attached hydrogens (tertiary/aromatic N) is 1. The molecule has 1 rings (SSSR count). The van der Waals surface area contributed by atoms with Crippen molar-refractivity contribution in [2.75, 3.05) is 5.73 Å². The second-order valence-electron chi connectivity index (χ2n) is 2.85. The Labute approximate surface area is 92.8 Å². The molecular weight excluding hydrogens is 308 g/mol. The maximum Gasteiger partial charge on any atom is 0.395 e. The van der Waals surface area contributed by atoms with Crippen LogP contribution in [0.1, 0.15) is 18.4 Å². The quantitative estimate of drug-likeness (QED) is 0.809. The van der Waals surface area contributed by atoms with E-state index in [-0.39, 0.29) is 11.4 Å². The molecule has 0 fully saturated rings. The van der Waals surface area contributed by atoms with Gasteiger partial charge in [0.25, 0.3) is 0 Å². The summed E-state index contributed by atoms with van der Waals surface area (Å²) in [7, 11) is 0. The van der Waals surface area contributed by atoms with E-state index in [0.717, 1.165) is 6.92 Å². The molecule has 2 N–H and O–H groups in total. The molecule has 78 valence electrons. The molecule has 14 heavy (non-hydrogen) atoms. The Balaban J connectivity index is 3.19. The van der Waals surface area contributed by atoms with E-state index in [1.54, 1.807) is 0 Å². The summed E-state index contributed by atoms with van der Waals surface area (Å²) in [4.78, 5) is 3.65. The lowest BCUT2D eigenvalue weighted by Gasteiger charge is -2.18. The SMILES string of the molecule is CC(c1c(I)ccnc1N)C(F)(F)F. The minimum absolute atomic E-state index is 0.0540. The van der Waals surface area contributed by atoms with Crippen molar-refractivity contribution < 1.29 is 13.2 Å². The molecule has 1 aromatic rings. The summed E-state index contributed by atoms with van der Waals surface area (Å²) in [6.07, 6.45) is -2.89. The third kappa shape index (κ3) is 2.28. The number of hydrogen-bond donors (Lipinski definition) is 1. The zero-order chi connectivity index (χ0) is 10.9. The maximum absolute atomic E-state index is 12.4. The predicted molar refractivity (Wildman–Crippen MR) is 55.8 cm³/mol. The van der Waals surface area contributed by atoms with Crippen molar-refractivity contribution in [2.24, 2.45) is 0 Å².